The smallest absolute Gasteiger partial charge is 0.257 e. The highest BCUT2D eigenvalue weighted by atomic mass is 19.1. The van der Waals surface area contributed by atoms with Crippen LogP contribution in [-0.2, 0) is 6.54 Å². The molecule has 0 unspecified atom stereocenters. The zero-order chi connectivity index (χ0) is 29.3. The lowest BCUT2D eigenvalue weighted by atomic mass is 9.73. The first-order chi connectivity index (χ1) is 19.6. The van der Waals surface area contributed by atoms with Crippen molar-refractivity contribution in [3.63, 3.8) is 0 Å². The van der Waals surface area contributed by atoms with Crippen molar-refractivity contribution < 1.29 is 32.2 Å². The van der Waals surface area contributed by atoms with Crippen molar-refractivity contribution in [1.82, 2.24) is 9.80 Å². The third kappa shape index (κ3) is 5.55. The van der Waals surface area contributed by atoms with Crippen LogP contribution in [0.25, 0.3) is 0 Å². The van der Waals surface area contributed by atoms with Crippen molar-refractivity contribution in [2.45, 2.75) is 19.4 Å². The van der Waals surface area contributed by atoms with E-state index in [0.29, 0.717) is 44.9 Å². The molecule has 41 heavy (non-hydrogen) atoms. The molecule has 2 heterocycles. The highest BCUT2D eigenvalue weighted by Gasteiger charge is 2.49. The van der Waals surface area contributed by atoms with Crippen LogP contribution in [-0.4, -0.2) is 69.1 Å². The predicted molar refractivity (Wildman–Crippen MR) is 148 cm³/mol. The largest absolute Gasteiger partial charge is 0.497 e. The molecule has 0 atom stereocenters. The summed E-state index contributed by atoms with van der Waals surface area (Å²) in [7, 11) is 4.33. The molecule has 216 valence electrons. The number of hydrogen-bond acceptors (Lipinski definition) is 5. The van der Waals surface area contributed by atoms with Crippen LogP contribution in [0.1, 0.15) is 39.1 Å². The van der Waals surface area contributed by atoms with Crippen molar-refractivity contribution in [3.05, 3.63) is 88.7 Å². The summed E-state index contributed by atoms with van der Waals surface area (Å²) in [5.41, 5.74) is 0.120. The number of anilines is 1. The highest BCUT2D eigenvalue weighted by Crippen LogP contribution is 2.41. The average molecular weight is 568 g/mol. The normalized spacial score (nSPS) is 15.9. The van der Waals surface area contributed by atoms with Gasteiger partial charge in [0.1, 0.15) is 23.1 Å². The Morgan fingerprint density at radius 2 is 1.56 bits per heavy atom. The highest BCUT2D eigenvalue weighted by molar-refractivity contribution is 5.96. The monoisotopic (exact) mass is 567 g/mol. The third-order valence-electron chi connectivity index (χ3n) is 7.90. The number of hydrogen-bond donors (Lipinski definition) is 0. The Bertz CT molecular complexity index is 1440. The summed E-state index contributed by atoms with van der Waals surface area (Å²) in [6.45, 7) is 1.74. The number of halogens is 3. The third-order valence-corrected chi connectivity index (χ3v) is 7.90. The molecule has 0 radical (unpaired) electrons. The molecule has 10 heteroatoms. The van der Waals surface area contributed by atoms with E-state index in [1.54, 1.807) is 11.9 Å². The quantitative estimate of drug-likeness (QED) is 0.396. The van der Waals surface area contributed by atoms with Gasteiger partial charge in [-0.25, -0.2) is 13.2 Å². The molecule has 2 fully saturated rings. The van der Waals surface area contributed by atoms with E-state index in [4.69, 9.17) is 9.47 Å². The Morgan fingerprint density at radius 3 is 2.20 bits per heavy atom. The van der Waals surface area contributed by atoms with Crippen LogP contribution in [0.2, 0.25) is 0 Å². The van der Waals surface area contributed by atoms with Crippen LogP contribution >= 0.6 is 0 Å². The molecule has 7 nitrogen and oxygen atoms in total. The van der Waals surface area contributed by atoms with Gasteiger partial charge in [-0.1, -0.05) is 30.3 Å². The van der Waals surface area contributed by atoms with E-state index in [0.717, 1.165) is 24.1 Å². The molecule has 2 amide bonds. The maximum atomic E-state index is 15.1. The van der Waals surface area contributed by atoms with Crippen LogP contribution < -0.4 is 14.4 Å². The average Bonchev–Trinajstić information content (AvgIpc) is 2.95. The molecule has 2 aliphatic heterocycles. The van der Waals surface area contributed by atoms with E-state index >= 15 is 8.78 Å². The van der Waals surface area contributed by atoms with Gasteiger partial charge in [0.15, 0.2) is 11.6 Å². The van der Waals surface area contributed by atoms with Gasteiger partial charge in [0.2, 0.25) is 0 Å². The SMILES string of the molecule is COc1cc(OC)c(F)c(C(=O)N2CC3(CCCN(C(=O)c4cc(F)c(N(C)Cc5ccccc5)c(F)c4)C3)C2)c1. The van der Waals surface area contributed by atoms with Gasteiger partial charge in [-0.3, -0.25) is 9.59 Å². The van der Waals surface area contributed by atoms with Crippen LogP contribution in [0, 0.1) is 22.9 Å². The van der Waals surface area contributed by atoms with Crippen molar-refractivity contribution in [2.24, 2.45) is 5.41 Å². The number of likely N-dealkylation sites (tertiary alicyclic amines) is 2. The van der Waals surface area contributed by atoms with E-state index < -0.39 is 29.3 Å². The second kappa shape index (κ2) is 11.3. The number of methoxy groups -OCH3 is 2. The summed E-state index contributed by atoms with van der Waals surface area (Å²) in [5.74, 6) is -3.13. The number of piperidine rings is 1. The second-order valence-corrected chi connectivity index (χ2v) is 10.8. The Hall–Kier alpha value is -4.21. The van der Waals surface area contributed by atoms with Gasteiger partial charge in [-0.15, -0.1) is 0 Å². The van der Waals surface area contributed by atoms with Crippen LogP contribution in [0.15, 0.2) is 54.6 Å². The van der Waals surface area contributed by atoms with Gasteiger partial charge in [0, 0.05) is 56.8 Å². The zero-order valence-corrected chi connectivity index (χ0v) is 23.3. The number of rotatable bonds is 7. The Morgan fingerprint density at radius 1 is 0.902 bits per heavy atom. The molecular formula is C31H32F3N3O4. The summed E-state index contributed by atoms with van der Waals surface area (Å²) < 4.78 is 55.3. The minimum absolute atomic E-state index is 0.0632. The van der Waals surface area contributed by atoms with E-state index in [1.165, 1.54) is 36.2 Å². The van der Waals surface area contributed by atoms with Gasteiger partial charge in [-0.05, 0) is 36.6 Å². The molecule has 1 spiro atoms. The number of carbonyl (C=O) groups excluding carboxylic acids is 2. The molecule has 0 aromatic heterocycles. The van der Waals surface area contributed by atoms with Gasteiger partial charge in [0.05, 0.1) is 19.8 Å². The number of amides is 2. The number of nitrogens with zero attached hydrogens (tertiary/aromatic N) is 3. The van der Waals surface area contributed by atoms with E-state index in [2.05, 4.69) is 0 Å². The number of benzene rings is 3. The molecule has 0 N–H and O–H groups in total. The van der Waals surface area contributed by atoms with Crippen molar-refractivity contribution >= 4 is 17.5 Å². The van der Waals surface area contributed by atoms with Gasteiger partial charge in [-0.2, -0.15) is 0 Å². The van der Waals surface area contributed by atoms with Gasteiger partial charge in [0.25, 0.3) is 11.8 Å². The Balaban J connectivity index is 1.27. The molecule has 3 aromatic rings. The van der Waals surface area contributed by atoms with Crippen LogP contribution in [0.4, 0.5) is 18.9 Å². The summed E-state index contributed by atoms with van der Waals surface area (Å²) in [6.07, 6.45) is 1.45. The standard InChI is InChI=1S/C31H32F3N3O4/c1-35(16-20-8-5-4-6-9-20)28-24(32)12-21(13-25(28)33)29(38)36-11-7-10-31(17-36)18-37(19-31)30(39)23-14-22(40-2)15-26(41-3)27(23)34/h4-6,8-9,12-15H,7,10-11,16-19H2,1-3H3. The zero-order valence-electron chi connectivity index (χ0n) is 23.3. The molecule has 5 rings (SSSR count). The second-order valence-electron chi connectivity index (χ2n) is 10.8. The first-order valence-electron chi connectivity index (χ1n) is 13.4. The van der Waals surface area contributed by atoms with Crippen molar-refractivity contribution in [2.75, 3.05) is 52.3 Å². The molecular weight excluding hydrogens is 535 g/mol. The molecule has 0 bridgehead atoms. The maximum Gasteiger partial charge on any atom is 0.257 e. The fourth-order valence-electron chi connectivity index (χ4n) is 5.88. The number of carbonyl (C=O) groups is 2. The minimum Gasteiger partial charge on any atom is -0.497 e. The first-order valence-corrected chi connectivity index (χ1v) is 13.4. The Kier molecular flexibility index (Phi) is 7.84. The van der Waals surface area contributed by atoms with Crippen LogP contribution in [0.5, 0.6) is 11.5 Å². The first kappa shape index (κ1) is 28.3. The topological polar surface area (TPSA) is 62.3 Å². The summed E-state index contributed by atoms with van der Waals surface area (Å²) >= 11 is 0. The van der Waals surface area contributed by atoms with Crippen molar-refractivity contribution in [1.29, 1.82) is 0 Å². The van der Waals surface area contributed by atoms with E-state index in [9.17, 15) is 14.0 Å². The summed E-state index contributed by atoms with van der Waals surface area (Å²) in [6, 6.07) is 14.2. The van der Waals surface area contributed by atoms with Gasteiger partial charge >= 0.3 is 0 Å². The molecule has 0 aliphatic carbocycles. The fourth-order valence-corrected chi connectivity index (χ4v) is 5.88. The Labute approximate surface area is 237 Å². The van der Waals surface area contributed by atoms with Gasteiger partial charge < -0.3 is 24.2 Å². The maximum absolute atomic E-state index is 15.1. The van der Waals surface area contributed by atoms with Crippen LogP contribution in [0.3, 0.4) is 0 Å². The fraction of sp³-hybridized carbons (Fsp3) is 0.355. The minimum atomic E-state index is -0.810. The van der Waals surface area contributed by atoms with Crippen molar-refractivity contribution in [3.8, 4) is 11.5 Å². The molecule has 3 aromatic carbocycles. The summed E-state index contributed by atoms with van der Waals surface area (Å²) in [4.78, 5) is 31.1. The lowest BCUT2D eigenvalue weighted by Crippen LogP contribution is -2.64. The molecule has 0 saturated carbocycles. The predicted octanol–water partition coefficient (Wildman–Crippen LogP) is 5.14. The molecule has 2 saturated heterocycles. The molecule has 2 aliphatic rings. The summed E-state index contributed by atoms with van der Waals surface area (Å²) in [5, 5.41) is 0. The lowest BCUT2D eigenvalue weighted by Gasteiger charge is -2.54. The van der Waals surface area contributed by atoms with E-state index in [-0.39, 0.29) is 28.0 Å². The number of ether oxygens (including phenoxy) is 2. The van der Waals surface area contributed by atoms with E-state index in [1.807, 2.05) is 30.3 Å². The lowest BCUT2D eigenvalue weighted by molar-refractivity contribution is -0.0340.